The molecule has 0 amide bonds. The van der Waals surface area contributed by atoms with Gasteiger partial charge in [0.2, 0.25) is 0 Å². The second-order valence-electron chi connectivity index (χ2n) is 8.75. The topological polar surface area (TPSA) is 95.6 Å². The molecule has 3 heterocycles. The number of hydrogen-bond donors (Lipinski definition) is 1. The van der Waals surface area contributed by atoms with Crippen molar-refractivity contribution >= 4 is 17.6 Å². The third-order valence-corrected chi connectivity index (χ3v) is 6.10. The van der Waals surface area contributed by atoms with E-state index in [0.717, 1.165) is 12.8 Å². The maximum absolute atomic E-state index is 12.4. The molecule has 0 radical (unpaired) electrons. The largest absolute Gasteiger partial charge is 0.477 e. The van der Waals surface area contributed by atoms with Crippen molar-refractivity contribution in [2.24, 2.45) is 5.41 Å². The number of rotatable bonds is 4. The molecule has 29 heavy (non-hydrogen) atoms. The van der Waals surface area contributed by atoms with Crippen LogP contribution in [0, 0.1) is 5.41 Å². The van der Waals surface area contributed by atoms with Crippen LogP contribution in [0.5, 0.6) is 5.88 Å². The van der Waals surface area contributed by atoms with Crippen LogP contribution >= 0.6 is 11.6 Å². The zero-order valence-corrected chi connectivity index (χ0v) is 17.6. The Hall–Kier alpha value is -2.32. The van der Waals surface area contributed by atoms with Crippen LogP contribution in [-0.4, -0.2) is 44.7 Å². The third kappa shape index (κ3) is 3.34. The molecule has 4 rings (SSSR count). The molecule has 2 aromatic rings. The van der Waals surface area contributed by atoms with Crippen molar-refractivity contribution in [1.82, 2.24) is 14.3 Å². The molecule has 0 aromatic carbocycles. The molecule has 9 heteroatoms. The summed E-state index contributed by atoms with van der Waals surface area (Å²) in [5, 5.41) is 14.3. The van der Waals surface area contributed by atoms with E-state index in [9.17, 15) is 14.7 Å². The van der Waals surface area contributed by atoms with Gasteiger partial charge in [0.25, 0.3) is 5.88 Å². The predicted molar refractivity (Wildman–Crippen MR) is 107 cm³/mol. The Kier molecular flexibility index (Phi) is 4.74. The van der Waals surface area contributed by atoms with Gasteiger partial charge in [0.1, 0.15) is 22.4 Å². The molecule has 1 aliphatic carbocycles. The standard InChI is InChI=1S/C20H24ClN3O5/c1-20(2,3)15-9-24-17(13-7-14(25)12(19(26)27)8-23(13)15)16(21)18(22-24)29-11-5-10(6-11)28-4/h7-8,10-11,15H,5-6,9H2,1-4H3,(H,26,27)/t10-,11-,15-/m0/s1. The first-order chi connectivity index (χ1) is 13.6. The number of aromatic carboxylic acids is 1. The lowest BCUT2D eigenvalue weighted by atomic mass is 9.85. The van der Waals surface area contributed by atoms with Crippen molar-refractivity contribution in [3.8, 4) is 17.3 Å². The van der Waals surface area contributed by atoms with Gasteiger partial charge in [0.15, 0.2) is 5.43 Å². The molecule has 1 saturated carbocycles. The first-order valence-electron chi connectivity index (χ1n) is 9.55. The molecule has 0 bridgehead atoms. The number of ether oxygens (including phenoxy) is 2. The second kappa shape index (κ2) is 6.88. The Morgan fingerprint density at radius 1 is 1.31 bits per heavy atom. The van der Waals surface area contributed by atoms with Gasteiger partial charge in [-0.1, -0.05) is 32.4 Å². The van der Waals surface area contributed by atoms with E-state index in [1.165, 1.54) is 12.3 Å². The number of aromatic nitrogens is 3. The van der Waals surface area contributed by atoms with Crippen LogP contribution in [0.3, 0.4) is 0 Å². The Morgan fingerprint density at radius 2 is 2.00 bits per heavy atom. The lowest BCUT2D eigenvalue weighted by Crippen LogP contribution is -2.39. The van der Waals surface area contributed by atoms with Crippen LogP contribution < -0.4 is 10.2 Å². The van der Waals surface area contributed by atoms with Crippen LogP contribution in [0.15, 0.2) is 17.1 Å². The molecule has 0 saturated heterocycles. The van der Waals surface area contributed by atoms with E-state index < -0.39 is 11.4 Å². The molecule has 1 N–H and O–H groups in total. The average molecular weight is 422 g/mol. The van der Waals surface area contributed by atoms with Crippen molar-refractivity contribution in [2.45, 2.75) is 58.4 Å². The Bertz CT molecular complexity index is 1030. The summed E-state index contributed by atoms with van der Waals surface area (Å²) in [5.41, 5.74) is 0.0759. The molecule has 0 spiro atoms. The highest BCUT2D eigenvalue weighted by atomic mass is 35.5. The third-order valence-electron chi connectivity index (χ3n) is 5.76. The fraction of sp³-hybridized carbons (Fsp3) is 0.550. The van der Waals surface area contributed by atoms with E-state index in [-0.39, 0.29) is 29.2 Å². The molecule has 156 valence electrons. The van der Waals surface area contributed by atoms with E-state index in [1.54, 1.807) is 11.8 Å². The molecule has 1 aliphatic heterocycles. The van der Waals surface area contributed by atoms with E-state index in [0.29, 0.717) is 28.8 Å². The van der Waals surface area contributed by atoms with Crippen molar-refractivity contribution in [2.75, 3.05) is 7.11 Å². The van der Waals surface area contributed by atoms with E-state index in [1.807, 2.05) is 4.57 Å². The van der Waals surface area contributed by atoms with E-state index in [4.69, 9.17) is 21.1 Å². The minimum atomic E-state index is -1.25. The SMILES string of the molecule is CO[C@H]1C[C@H](Oc2nn3c(c2Cl)-c2cc(=O)c(C(=O)O)cn2[C@H](C(C)(C)C)C3)C1. The highest BCUT2D eigenvalue weighted by Gasteiger charge is 2.38. The van der Waals surface area contributed by atoms with Gasteiger partial charge >= 0.3 is 5.97 Å². The predicted octanol–water partition coefficient (Wildman–Crippen LogP) is 3.22. The maximum atomic E-state index is 12.4. The van der Waals surface area contributed by atoms with Crippen molar-refractivity contribution < 1.29 is 19.4 Å². The lowest BCUT2D eigenvalue weighted by Gasteiger charge is -2.38. The first-order valence-corrected chi connectivity index (χ1v) is 9.93. The smallest absolute Gasteiger partial charge is 0.341 e. The minimum Gasteiger partial charge on any atom is -0.477 e. The molecule has 0 unspecified atom stereocenters. The summed E-state index contributed by atoms with van der Waals surface area (Å²) in [6.45, 7) is 6.68. The number of carbonyl (C=O) groups is 1. The van der Waals surface area contributed by atoms with Crippen molar-refractivity contribution in [1.29, 1.82) is 0 Å². The number of methoxy groups -OCH3 is 1. The number of halogens is 1. The Balaban J connectivity index is 1.80. The number of nitrogens with zero attached hydrogens (tertiary/aromatic N) is 3. The van der Waals surface area contributed by atoms with Crippen LogP contribution in [0.4, 0.5) is 0 Å². The summed E-state index contributed by atoms with van der Waals surface area (Å²) in [7, 11) is 1.68. The van der Waals surface area contributed by atoms with Crippen LogP contribution in [0.2, 0.25) is 5.02 Å². The number of carboxylic acid groups (broad SMARTS) is 1. The van der Waals surface area contributed by atoms with Gasteiger partial charge in [0, 0.05) is 32.2 Å². The molecule has 2 aliphatic rings. The van der Waals surface area contributed by atoms with E-state index >= 15 is 0 Å². The van der Waals surface area contributed by atoms with Gasteiger partial charge in [-0.2, -0.15) is 0 Å². The number of carboxylic acids is 1. The van der Waals surface area contributed by atoms with Gasteiger partial charge in [0.05, 0.1) is 24.4 Å². The van der Waals surface area contributed by atoms with Gasteiger partial charge in [-0.15, -0.1) is 5.10 Å². The lowest BCUT2D eigenvalue weighted by molar-refractivity contribution is -0.0398. The van der Waals surface area contributed by atoms with E-state index in [2.05, 4.69) is 25.9 Å². The summed E-state index contributed by atoms with van der Waals surface area (Å²) in [6, 6.07) is 1.21. The summed E-state index contributed by atoms with van der Waals surface area (Å²) >= 11 is 6.61. The van der Waals surface area contributed by atoms with Crippen molar-refractivity contribution in [3.63, 3.8) is 0 Å². The molecule has 1 fully saturated rings. The summed E-state index contributed by atoms with van der Waals surface area (Å²) in [4.78, 5) is 23.9. The fourth-order valence-corrected chi connectivity index (χ4v) is 4.21. The number of pyridine rings is 1. The molecule has 1 atom stereocenters. The normalized spacial score (nSPS) is 23.1. The van der Waals surface area contributed by atoms with Gasteiger partial charge in [-0.25, -0.2) is 4.79 Å². The molecular weight excluding hydrogens is 398 g/mol. The Morgan fingerprint density at radius 3 is 2.59 bits per heavy atom. The highest BCUT2D eigenvalue weighted by Crippen LogP contribution is 2.45. The first kappa shape index (κ1) is 20.0. The number of fused-ring (bicyclic) bond motifs is 3. The maximum Gasteiger partial charge on any atom is 0.341 e. The summed E-state index contributed by atoms with van der Waals surface area (Å²) in [6.07, 6.45) is 3.15. The highest BCUT2D eigenvalue weighted by molar-refractivity contribution is 6.34. The molecule has 2 aromatic heterocycles. The van der Waals surface area contributed by atoms with Crippen LogP contribution in [-0.2, 0) is 11.3 Å². The Labute approximate surface area is 173 Å². The van der Waals surface area contributed by atoms with Crippen LogP contribution in [0.25, 0.3) is 11.4 Å². The average Bonchev–Trinajstić information content (AvgIpc) is 2.91. The fourth-order valence-electron chi connectivity index (χ4n) is 3.93. The zero-order chi connectivity index (χ0) is 21.1. The summed E-state index contributed by atoms with van der Waals surface area (Å²) < 4.78 is 14.8. The van der Waals surface area contributed by atoms with Gasteiger partial charge in [-0.3, -0.25) is 9.48 Å². The quantitative estimate of drug-likeness (QED) is 0.814. The second-order valence-corrected chi connectivity index (χ2v) is 9.13. The van der Waals surface area contributed by atoms with Gasteiger partial charge in [-0.05, 0) is 5.41 Å². The number of hydrogen-bond acceptors (Lipinski definition) is 5. The molecular formula is C20H24ClN3O5. The molecule has 8 nitrogen and oxygen atoms in total. The van der Waals surface area contributed by atoms with Crippen molar-refractivity contribution in [3.05, 3.63) is 33.1 Å². The van der Waals surface area contributed by atoms with Crippen LogP contribution in [0.1, 0.15) is 50.0 Å². The monoisotopic (exact) mass is 421 g/mol. The minimum absolute atomic E-state index is 0.00982. The van der Waals surface area contributed by atoms with Gasteiger partial charge < -0.3 is 19.1 Å². The summed E-state index contributed by atoms with van der Waals surface area (Å²) in [5.74, 6) is -0.915. The zero-order valence-electron chi connectivity index (χ0n) is 16.8.